The molecule has 2 aromatic rings. The van der Waals surface area contributed by atoms with Gasteiger partial charge in [-0.05, 0) is 30.2 Å². The van der Waals surface area contributed by atoms with Crippen molar-refractivity contribution < 1.29 is 23.8 Å². The minimum absolute atomic E-state index is 0.00344. The van der Waals surface area contributed by atoms with Gasteiger partial charge >= 0.3 is 0 Å². The molecule has 30 heavy (non-hydrogen) atoms. The predicted octanol–water partition coefficient (Wildman–Crippen LogP) is 2.89. The third-order valence-electron chi connectivity index (χ3n) is 5.44. The van der Waals surface area contributed by atoms with Crippen molar-refractivity contribution in [2.75, 3.05) is 38.7 Å². The topological polar surface area (TPSA) is 77.1 Å². The van der Waals surface area contributed by atoms with Crippen LogP contribution in [-0.4, -0.2) is 50.1 Å². The molecule has 1 atom stereocenters. The summed E-state index contributed by atoms with van der Waals surface area (Å²) in [7, 11) is 1.64. The normalized spacial score (nSPS) is 18.1. The fraction of sp³-hybridized carbons (Fsp3) is 0.391. The summed E-state index contributed by atoms with van der Waals surface area (Å²) in [6, 6.07) is 13.1. The van der Waals surface area contributed by atoms with Crippen LogP contribution in [-0.2, 0) is 16.0 Å². The van der Waals surface area contributed by atoms with Gasteiger partial charge in [-0.1, -0.05) is 18.2 Å². The Morgan fingerprint density at radius 2 is 1.97 bits per heavy atom. The summed E-state index contributed by atoms with van der Waals surface area (Å²) in [5.41, 5.74) is 1.69. The van der Waals surface area contributed by atoms with Crippen molar-refractivity contribution in [1.29, 1.82) is 0 Å². The van der Waals surface area contributed by atoms with Crippen molar-refractivity contribution in [3.05, 3.63) is 48.0 Å². The van der Waals surface area contributed by atoms with Gasteiger partial charge in [-0.3, -0.25) is 9.59 Å². The number of hydrogen-bond acceptors (Lipinski definition) is 5. The van der Waals surface area contributed by atoms with Crippen LogP contribution >= 0.6 is 0 Å². The second-order valence-electron chi connectivity index (χ2n) is 7.50. The molecular formula is C23H26N2O5. The number of benzene rings is 2. The molecule has 0 spiro atoms. The van der Waals surface area contributed by atoms with Gasteiger partial charge in [-0.2, -0.15) is 0 Å². The molecule has 1 unspecified atom stereocenters. The molecule has 7 heteroatoms. The lowest BCUT2D eigenvalue weighted by molar-refractivity contribution is -0.128. The highest BCUT2D eigenvalue weighted by molar-refractivity contribution is 5.97. The summed E-state index contributed by atoms with van der Waals surface area (Å²) >= 11 is 0. The Morgan fingerprint density at radius 3 is 2.80 bits per heavy atom. The largest absolute Gasteiger partial charge is 0.496 e. The fourth-order valence-corrected chi connectivity index (χ4v) is 3.81. The quantitative estimate of drug-likeness (QED) is 0.792. The molecule has 0 aliphatic carbocycles. The maximum atomic E-state index is 12.7. The van der Waals surface area contributed by atoms with Gasteiger partial charge < -0.3 is 24.4 Å². The second-order valence-corrected chi connectivity index (χ2v) is 7.50. The number of nitrogens with zero attached hydrogens (tertiary/aromatic N) is 1. The molecule has 1 N–H and O–H groups in total. The first-order valence-corrected chi connectivity index (χ1v) is 10.2. The van der Waals surface area contributed by atoms with E-state index in [0.717, 1.165) is 17.7 Å². The van der Waals surface area contributed by atoms with Crippen LogP contribution in [0.5, 0.6) is 17.2 Å². The first kappa shape index (κ1) is 20.1. The van der Waals surface area contributed by atoms with Gasteiger partial charge in [0.15, 0.2) is 11.5 Å². The summed E-state index contributed by atoms with van der Waals surface area (Å²) in [6.07, 6.45) is 1.74. The van der Waals surface area contributed by atoms with Crippen molar-refractivity contribution in [2.45, 2.75) is 19.3 Å². The van der Waals surface area contributed by atoms with E-state index in [9.17, 15) is 9.59 Å². The van der Waals surface area contributed by atoms with Gasteiger partial charge in [0.25, 0.3) is 0 Å². The van der Waals surface area contributed by atoms with Crippen LogP contribution in [0.3, 0.4) is 0 Å². The summed E-state index contributed by atoms with van der Waals surface area (Å²) < 4.78 is 16.7. The molecule has 2 aliphatic rings. The molecule has 2 amide bonds. The van der Waals surface area contributed by atoms with E-state index in [0.29, 0.717) is 49.9 Å². The Bertz CT molecular complexity index is 930. The zero-order valence-electron chi connectivity index (χ0n) is 17.1. The number of anilines is 1. The van der Waals surface area contributed by atoms with Crippen molar-refractivity contribution in [3.63, 3.8) is 0 Å². The number of carbonyl (C=O) groups excluding carboxylic acids is 2. The van der Waals surface area contributed by atoms with E-state index < -0.39 is 0 Å². The van der Waals surface area contributed by atoms with Crippen LogP contribution in [0.2, 0.25) is 0 Å². The van der Waals surface area contributed by atoms with Gasteiger partial charge in [0.2, 0.25) is 11.8 Å². The Labute approximate surface area is 175 Å². The summed E-state index contributed by atoms with van der Waals surface area (Å²) in [6.45, 7) is 2.19. The average Bonchev–Trinajstić information content (AvgIpc) is 2.98. The Morgan fingerprint density at radius 1 is 1.17 bits per heavy atom. The van der Waals surface area contributed by atoms with Gasteiger partial charge in [0, 0.05) is 37.7 Å². The maximum absolute atomic E-state index is 12.7. The third-order valence-corrected chi connectivity index (χ3v) is 5.44. The zero-order valence-corrected chi connectivity index (χ0v) is 17.1. The van der Waals surface area contributed by atoms with Crippen LogP contribution in [0.1, 0.15) is 18.4 Å². The van der Waals surface area contributed by atoms with E-state index in [-0.39, 0.29) is 24.2 Å². The number of fused-ring (bicyclic) bond motifs is 1. The first-order valence-electron chi connectivity index (χ1n) is 10.2. The molecule has 0 bridgehead atoms. The molecule has 7 nitrogen and oxygen atoms in total. The fourth-order valence-electron chi connectivity index (χ4n) is 3.81. The number of amides is 2. The minimum atomic E-state index is -0.369. The zero-order chi connectivity index (χ0) is 20.9. The lowest BCUT2D eigenvalue weighted by Gasteiger charge is -2.17. The molecular weight excluding hydrogens is 384 g/mol. The number of rotatable bonds is 6. The summed E-state index contributed by atoms with van der Waals surface area (Å²) in [4.78, 5) is 26.9. The van der Waals surface area contributed by atoms with Crippen molar-refractivity contribution in [3.8, 4) is 17.2 Å². The smallest absolute Gasteiger partial charge is 0.229 e. The molecule has 2 aliphatic heterocycles. The number of methoxy groups -OCH3 is 1. The third kappa shape index (κ3) is 4.50. The summed E-state index contributed by atoms with van der Waals surface area (Å²) in [5, 5.41) is 2.91. The van der Waals surface area contributed by atoms with Gasteiger partial charge in [0.1, 0.15) is 5.75 Å². The number of likely N-dealkylation sites (tertiary alicyclic amines) is 1. The summed E-state index contributed by atoms with van der Waals surface area (Å²) in [5.74, 6) is 1.61. The van der Waals surface area contributed by atoms with E-state index in [1.54, 1.807) is 30.2 Å². The molecule has 2 aromatic carbocycles. The van der Waals surface area contributed by atoms with Crippen LogP contribution in [0.25, 0.3) is 0 Å². The standard InChI is InChI=1S/C23H26N2O5/c1-28-19-6-3-2-5-16(19)9-10-25-15-17(13-22(25)26)23(27)24-18-7-8-20-21(14-18)30-12-4-11-29-20/h2-3,5-8,14,17H,4,9-13,15H2,1H3,(H,24,27). The highest BCUT2D eigenvalue weighted by Crippen LogP contribution is 2.32. The van der Waals surface area contributed by atoms with Gasteiger partial charge in [0.05, 0.1) is 26.2 Å². The average molecular weight is 410 g/mol. The van der Waals surface area contributed by atoms with E-state index >= 15 is 0 Å². The van der Waals surface area contributed by atoms with Gasteiger partial charge in [-0.25, -0.2) is 0 Å². The van der Waals surface area contributed by atoms with Crippen LogP contribution in [0, 0.1) is 5.92 Å². The van der Waals surface area contributed by atoms with Crippen molar-refractivity contribution >= 4 is 17.5 Å². The lowest BCUT2D eigenvalue weighted by Crippen LogP contribution is -2.30. The monoisotopic (exact) mass is 410 g/mol. The molecule has 1 fully saturated rings. The minimum Gasteiger partial charge on any atom is -0.496 e. The first-order chi connectivity index (χ1) is 14.6. The van der Waals surface area contributed by atoms with Crippen LogP contribution in [0.4, 0.5) is 5.69 Å². The number of hydrogen-bond donors (Lipinski definition) is 1. The molecule has 2 heterocycles. The van der Waals surface area contributed by atoms with Gasteiger partial charge in [-0.15, -0.1) is 0 Å². The predicted molar refractivity (Wildman–Crippen MR) is 112 cm³/mol. The van der Waals surface area contributed by atoms with Crippen LogP contribution < -0.4 is 19.5 Å². The van der Waals surface area contributed by atoms with E-state index in [2.05, 4.69) is 5.32 Å². The number of nitrogens with one attached hydrogen (secondary N) is 1. The Balaban J connectivity index is 1.34. The number of para-hydroxylation sites is 1. The van der Waals surface area contributed by atoms with E-state index in [4.69, 9.17) is 14.2 Å². The Kier molecular flexibility index (Phi) is 6.07. The SMILES string of the molecule is COc1ccccc1CCN1CC(C(=O)Nc2ccc3c(c2)OCCCO3)CC1=O. The molecule has 0 aromatic heterocycles. The highest BCUT2D eigenvalue weighted by atomic mass is 16.5. The molecule has 0 radical (unpaired) electrons. The number of carbonyl (C=O) groups is 2. The molecule has 158 valence electrons. The maximum Gasteiger partial charge on any atom is 0.229 e. The van der Waals surface area contributed by atoms with Crippen LogP contribution in [0.15, 0.2) is 42.5 Å². The highest BCUT2D eigenvalue weighted by Gasteiger charge is 2.34. The second kappa shape index (κ2) is 9.07. The van der Waals surface area contributed by atoms with E-state index in [1.165, 1.54) is 0 Å². The van der Waals surface area contributed by atoms with Crippen molar-refractivity contribution in [2.24, 2.45) is 5.92 Å². The van der Waals surface area contributed by atoms with Crippen molar-refractivity contribution in [1.82, 2.24) is 4.90 Å². The molecule has 1 saturated heterocycles. The number of ether oxygens (including phenoxy) is 3. The molecule has 4 rings (SSSR count). The van der Waals surface area contributed by atoms with E-state index in [1.807, 2.05) is 24.3 Å². The lowest BCUT2D eigenvalue weighted by atomic mass is 10.1. The molecule has 0 saturated carbocycles. The Hall–Kier alpha value is -3.22.